The lowest BCUT2D eigenvalue weighted by Gasteiger charge is -2.26. The van der Waals surface area contributed by atoms with E-state index in [4.69, 9.17) is 4.52 Å². The number of aromatic nitrogens is 1. The molecule has 0 saturated carbocycles. The number of piperazine rings is 1. The highest BCUT2D eigenvalue weighted by atomic mass is 32.2. The van der Waals surface area contributed by atoms with Crippen LogP contribution in [0.1, 0.15) is 16.2 Å². The lowest BCUT2D eigenvalue weighted by molar-refractivity contribution is 0.0725. The molecule has 2 heterocycles. The quantitative estimate of drug-likeness (QED) is 0.797. The summed E-state index contributed by atoms with van der Waals surface area (Å²) in [5, 5.41) is 6.90. The first kappa shape index (κ1) is 12.3. The molecule has 0 spiro atoms. The van der Waals surface area contributed by atoms with Gasteiger partial charge in [0, 0.05) is 49.3 Å². The van der Waals surface area contributed by atoms with Gasteiger partial charge in [0.15, 0.2) is 5.69 Å². The summed E-state index contributed by atoms with van der Waals surface area (Å²) in [6.07, 6.45) is 1.58. The SMILES string of the molecule is CS(=O)Cc1cc(C(=O)N2CCNCC2)no1. The lowest BCUT2D eigenvalue weighted by Crippen LogP contribution is -2.46. The van der Waals surface area contributed by atoms with Crippen LogP contribution >= 0.6 is 0 Å². The number of amides is 1. The van der Waals surface area contributed by atoms with E-state index in [1.54, 1.807) is 17.2 Å². The van der Waals surface area contributed by atoms with E-state index in [0.29, 0.717) is 30.3 Å². The zero-order valence-electron chi connectivity index (χ0n) is 9.64. The molecule has 7 heteroatoms. The molecule has 6 nitrogen and oxygen atoms in total. The molecule has 94 valence electrons. The molecule has 1 atom stereocenters. The number of carbonyl (C=O) groups is 1. The maximum absolute atomic E-state index is 12.0. The first-order valence-corrected chi connectivity index (χ1v) is 7.15. The van der Waals surface area contributed by atoms with Crippen LogP contribution in [0.5, 0.6) is 0 Å². The minimum atomic E-state index is -0.990. The van der Waals surface area contributed by atoms with Crippen LogP contribution in [0.3, 0.4) is 0 Å². The van der Waals surface area contributed by atoms with Gasteiger partial charge in [0.25, 0.3) is 5.91 Å². The van der Waals surface area contributed by atoms with E-state index in [-0.39, 0.29) is 5.91 Å². The van der Waals surface area contributed by atoms with Gasteiger partial charge in [-0.3, -0.25) is 9.00 Å². The van der Waals surface area contributed by atoms with Gasteiger partial charge in [-0.25, -0.2) is 0 Å². The summed E-state index contributed by atoms with van der Waals surface area (Å²) < 4.78 is 16.0. The average molecular weight is 257 g/mol. The zero-order valence-corrected chi connectivity index (χ0v) is 10.5. The second-order valence-corrected chi connectivity index (χ2v) is 5.37. The molecule has 0 bridgehead atoms. The molecule has 17 heavy (non-hydrogen) atoms. The maximum atomic E-state index is 12.0. The summed E-state index contributed by atoms with van der Waals surface area (Å²) in [7, 11) is -0.990. The monoisotopic (exact) mass is 257 g/mol. The molecule has 0 radical (unpaired) electrons. The van der Waals surface area contributed by atoms with Gasteiger partial charge in [0.05, 0.1) is 5.75 Å². The van der Waals surface area contributed by atoms with Crippen molar-refractivity contribution in [1.29, 1.82) is 0 Å². The fraction of sp³-hybridized carbons (Fsp3) is 0.600. The van der Waals surface area contributed by atoms with E-state index in [2.05, 4.69) is 10.5 Å². The molecule has 0 aliphatic carbocycles. The van der Waals surface area contributed by atoms with Crippen molar-refractivity contribution in [3.8, 4) is 0 Å². The highest BCUT2D eigenvalue weighted by Gasteiger charge is 2.21. The van der Waals surface area contributed by atoms with Crippen LogP contribution in [-0.2, 0) is 16.6 Å². The maximum Gasteiger partial charge on any atom is 0.276 e. The zero-order chi connectivity index (χ0) is 12.3. The molecule has 1 aliphatic rings. The van der Waals surface area contributed by atoms with Crippen molar-refractivity contribution in [2.45, 2.75) is 5.75 Å². The van der Waals surface area contributed by atoms with Gasteiger partial charge in [-0.05, 0) is 0 Å². The van der Waals surface area contributed by atoms with Gasteiger partial charge in [0.2, 0.25) is 0 Å². The first-order valence-electron chi connectivity index (χ1n) is 5.42. The molecule has 1 amide bonds. The van der Waals surface area contributed by atoms with Crippen molar-refractivity contribution < 1.29 is 13.5 Å². The van der Waals surface area contributed by atoms with Crippen LogP contribution in [0.2, 0.25) is 0 Å². The second kappa shape index (κ2) is 5.42. The normalized spacial score (nSPS) is 18.1. The van der Waals surface area contributed by atoms with Gasteiger partial charge in [-0.15, -0.1) is 0 Å². The summed E-state index contributed by atoms with van der Waals surface area (Å²) in [4.78, 5) is 13.7. The Labute approximate surface area is 102 Å². The molecule has 1 aromatic heterocycles. The van der Waals surface area contributed by atoms with Crippen LogP contribution in [0.15, 0.2) is 10.6 Å². The lowest BCUT2D eigenvalue weighted by atomic mass is 10.3. The highest BCUT2D eigenvalue weighted by molar-refractivity contribution is 7.83. The topological polar surface area (TPSA) is 75.4 Å². The average Bonchev–Trinajstić information content (AvgIpc) is 2.77. The summed E-state index contributed by atoms with van der Waals surface area (Å²) in [6, 6.07) is 1.58. The van der Waals surface area contributed by atoms with Crippen molar-refractivity contribution in [3.05, 3.63) is 17.5 Å². The standard InChI is InChI=1S/C10H15N3O3S/c1-17(15)7-8-6-9(12-16-8)10(14)13-4-2-11-3-5-13/h6,11H,2-5,7H2,1H3. The molecular formula is C10H15N3O3S. The third kappa shape index (κ3) is 3.13. The summed E-state index contributed by atoms with van der Waals surface area (Å²) in [6.45, 7) is 2.96. The molecule has 0 aromatic carbocycles. The number of hydrogen-bond donors (Lipinski definition) is 1. The number of nitrogens with zero attached hydrogens (tertiary/aromatic N) is 2. The van der Waals surface area contributed by atoms with E-state index in [1.165, 1.54) is 0 Å². The molecule has 1 fully saturated rings. The third-order valence-corrected chi connectivity index (χ3v) is 3.22. The Balaban J connectivity index is 2.03. The van der Waals surface area contributed by atoms with E-state index in [1.807, 2.05) is 0 Å². The Morgan fingerprint density at radius 2 is 2.29 bits per heavy atom. The van der Waals surface area contributed by atoms with Crippen molar-refractivity contribution in [1.82, 2.24) is 15.4 Å². The number of rotatable bonds is 3. The number of carbonyl (C=O) groups excluding carboxylic acids is 1. The molecule has 1 aromatic rings. The Morgan fingerprint density at radius 3 is 2.94 bits per heavy atom. The third-order valence-electron chi connectivity index (χ3n) is 2.53. The smallest absolute Gasteiger partial charge is 0.276 e. The van der Waals surface area contributed by atoms with Gasteiger partial charge in [-0.2, -0.15) is 0 Å². The van der Waals surface area contributed by atoms with Crippen LogP contribution in [0.4, 0.5) is 0 Å². The first-order chi connectivity index (χ1) is 8.16. The van der Waals surface area contributed by atoms with Gasteiger partial charge in [-0.1, -0.05) is 5.16 Å². The van der Waals surface area contributed by atoms with Crippen molar-refractivity contribution in [2.75, 3.05) is 32.4 Å². The van der Waals surface area contributed by atoms with Gasteiger partial charge < -0.3 is 14.7 Å². The van der Waals surface area contributed by atoms with Gasteiger partial charge >= 0.3 is 0 Å². The Bertz CT molecular complexity index is 426. The largest absolute Gasteiger partial charge is 0.360 e. The van der Waals surface area contributed by atoms with Gasteiger partial charge in [0.1, 0.15) is 5.76 Å². The van der Waals surface area contributed by atoms with Crippen LogP contribution < -0.4 is 5.32 Å². The summed E-state index contributed by atoms with van der Waals surface area (Å²) in [5.41, 5.74) is 0.298. The predicted molar refractivity (Wildman–Crippen MR) is 63.0 cm³/mol. The van der Waals surface area contributed by atoms with E-state index < -0.39 is 10.8 Å². The molecule has 1 unspecified atom stereocenters. The highest BCUT2D eigenvalue weighted by Crippen LogP contribution is 2.09. The fourth-order valence-electron chi connectivity index (χ4n) is 1.71. The fourth-order valence-corrected chi connectivity index (χ4v) is 2.25. The minimum absolute atomic E-state index is 0.122. The molecular weight excluding hydrogens is 242 g/mol. The molecule has 1 saturated heterocycles. The Morgan fingerprint density at radius 1 is 1.59 bits per heavy atom. The predicted octanol–water partition coefficient (Wildman–Crippen LogP) is -0.401. The Hall–Kier alpha value is -1.21. The molecule has 1 N–H and O–H groups in total. The van der Waals surface area contributed by atoms with E-state index in [9.17, 15) is 9.00 Å². The summed E-state index contributed by atoms with van der Waals surface area (Å²) >= 11 is 0. The van der Waals surface area contributed by atoms with E-state index >= 15 is 0 Å². The van der Waals surface area contributed by atoms with Crippen molar-refractivity contribution >= 4 is 16.7 Å². The van der Waals surface area contributed by atoms with E-state index in [0.717, 1.165) is 13.1 Å². The summed E-state index contributed by atoms with van der Waals surface area (Å²) in [5.74, 6) is 0.662. The Kier molecular flexibility index (Phi) is 3.90. The number of nitrogens with one attached hydrogen (secondary N) is 1. The molecule has 1 aliphatic heterocycles. The van der Waals surface area contributed by atoms with Crippen LogP contribution in [0.25, 0.3) is 0 Å². The van der Waals surface area contributed by atoms with Crippen molar-refractivity contribution in [2.24, 2.45) is 0 Å². The van der Waals surface area contributed by atoms with Crippen LogP contribution in [-0.4, -0.2) is 52.6 Å². The van der Waals surface area contributed by atoms with Crippen LogP contribution in [0, 0.1) is 0 Å². The molecule has 2 rings (SSSR count). The second-order valence-electron chi connectivity index (χ2n) is 3.94. The van der Waals surface area contributed by atoms with Crippen molar-refractivity contribution in [3.63, 3.8) is 0 Å². The minimum Gasteiger partial charge on any atom is -0.360 e. The number of hydrogen-bond acceptors (Lipinski definition) is 5.